The molecule has 0 bridgehead atoms. The van der Waals surface area contributed by atoms with E-state index in [1.807, 2.05) is 18.2 Å². The van der Waals surface area contributed by atoms with Crippen LogP contribution < -0.4 is 5.32 Å². The molecule has 6 heteroatoms. The molecule has 0 amide bonds. The maximum Gasteiger partial charge on any atom is 0.264 e. The number of sulfonamides is 1. The molecule has 2 aliphatic heterocycles. The third-order valence-electron chi connectivity index (χ3n) is 3.72. The molecule has 1 aromatic rings. The Morgan fingerprint density at radius 1 is 1.05 bits per heavy atom. The van der Waals surface area contributed by atoms with Gasteiger partial charge in [-0.3, -0.25) is 4.31 Å². The van der Waals surface area contributed by atoms with E-state index in [-0.39, 0.29) is 0 Å². The summed E-state index contributed by atoms with van der Waals surface area (Å²) in [6.45, 7) is 4.24. The lowest BCUT2D eigenvalue weighted by Crippen LogP contribution is -2.43. The van der Waals surface area contributed by atoms with E-state index in [9.17, 15) is 8.42 Å². The molecule has 1 saturated heterocycles. The lowest BCUT2D eigenvalue weighted by Gasteiger charge is -2.32. The molecule has 0 radical (unpaired) electrons. The highest BCUT2D eigenvalue weighted by Gasteiger charge is 2.23. The van der Waals surface area contributed by atoms with Crippen LogP contribution in [0.25, 0.3) is 0 Å². The van der Waals surface area contributed by atoms with Crippen molar-refractivity contribution in [2.75, 3.05) is 32.7 Å². The summed E-state index contributed by atoms with van der Waals surface area (Å²) in [5, 5.41) is 3.31. The summed E-state index contributed by atoms with van der Waals surface area (Å²) in [6, 6.07) is 8.54. The maximum atomic E-state index is 12.5. The van der Waals surface area contributed by atoms with Crippen LogP contribution in [0.5, 0.6) is 0 Å². The lowest BCUT2D eigenvalue weighted by molar-refractivity contribution is 0.304. The smallest absolute Gasteiger partial charge is 0.264 e. The fourth-order valence-corrected chi connectivity index (χ4v) is 3.80. The van der Waals surface area contributed by atoms with Crippen molar-refractivity contribution in [1.29, 1.82) is 0 Å². The van der Waals surface area contributed by atoms with Gasteiger partial charge >= 0.3 is 0 Å². The van der Waals surface area contributed by atoms with Crippen molar-refractivity contribution in [3.8, 4) is 0 Å². The third kappa shape index (κ3) is 2.96. The van der Waals surface area contributed by atoms with Crippen molar-refractivity contribution in [3.63, 3.8) is 0 Å². The predicted octanol–water partition coefficient (Wildman–Crippen LogP) is 0.994. The molecule has 0 unspecified atom stereocenters. The van der Waals surface area contributed by atoms with Gasteiger partial charge in [0.1, 0.15) is 0 Å². The van der Waals surface area contributed by atoms with Gasteiger partial charge in [0.2, 0.25) is 0 Å². The number of hydrogen-bond acceptors (Lipinski definition) is 4. The number of benzene rings is 1. The van der Waals surface area contributed by atoms with Crippen LogP contribution in [0.2, 0.25) is 0 Å². The fourth-order valence-electron chi connectivity index (χ4n) is 2.54. The average Bonchev–Trinajstić information content (AvgIpc) is 2.57. The zero-order valence-corrected chi connectivity index (χ0v) is 12.6. The second kappa shape index (κ2) is 5.91. The topological polar surface area (TPSA) is 52.7 Å². The molecule has 0 spiro atoms. The first-order valence-corrected chi connectivity index (χ1v) is 8.53. The molecule has 112 valence electrons. The molecule has 2 heterocycles. The van der Waals surface area contributed by atoms with Crippen molar-refractivity contribution in [2.45, 2.75) is 4.90 Å². The van der Waals surface area contributed by atoms with Crippen LogP contribution in [-0.2, 0) is 10.0 Å². The van der Waals surface area contributed by atoms with Crippen molar-refractivity contribution < 1.29 is 8.42 Å². The van der Waals surface area contributed by atoms with E-state index in [1.165, 1.54) is 4.31 Å². The minimum atomic E-state index is -3.45. The van der Waals surface area contributed by atoms with Crippen LogP contribution in [-0.4, -0.2) is 50.3 Å². The third-order valence-corrected chi connectivity index (χ3v) is 5.48. The molecule has 2 aliphatic rings. The molecule has 5 nitrogen and oxygen atoms in total. The first-order valence-electron chi connectivity index (χ1n) is 7.09. The Kier molecular flexibility index (Phi) is 3.98. The highest BCUT2D eigenvalue weighted by Crippen LogP contribution is 2.20. The Hall–Kier alpha value is -1.79. The first kappa shape index (κ1) is 14.2. The fraction of sp³-hybridized carbons (Fsp3) is 0.333. The zero-order chi connectivity index (χ0) is 14.7. The highest BCUT2D eigenvalue weighted by molar-refractivity contribution is 7.89. The van der Waals surface area contributed by atoms with Crippen LogP contribution in [0.1, 0.15) is 0 Å². The van der Waals surface area contributed by atoms with Gasteiger partial charge in [0.25, 0.3) is 10.0 Å². The Bertz CT molecular complexity index is 647. The van der Waals surface area contributed by atoms with Crippen LogP contribution in [0.15, 0.2) is 59.3 Å². The molecule has 21 heavy (non-hydrogen) atoms. The minimum Gasteiger partial charge on any atom is -0.369 e. The number of hydrogen-bond donors (Lipinski definition) is 1. The average molecular weight is 305 g/mol. The van der Waals surface area contributed by atoms with Gasteiger partial charge in [-0.2, -0.15) is 0 Å². The van der Waals surface area contributed by atoms with Crippen molar-refractivity contribution in [1.82, 2.24) is 14.5 Å². The summed E-state index contributed by atoms with van der Waals surface area (Å²) in [4.78, 5) is 2.60. The maximum absolute atomic E-state index is 12.5. The Labute approximate surface area is 125 Å². The van der Waals surface area contributed by atoms with E-state index in [4.69, 9.17) is 0 Å². The summed E-state index contributed by atoms with van der Waals surface area (Å²) in [7, 11) is -3.45. The van der Waals surface area contributed by atoms with Crippen molar-refractivity contribution in [2.24, 2.45) is 0 Å². The SMILES string of the molecule is O=S(=O)(c1ccccc1)N1C=CC(N2CCNCC2)=CC1. The van der Waals surface area contributed by atoms with Crippen LogP contribution in [0.3, 0.4) is 0 Å². The monoisotopic (exact) mass is 305 g/mol. The van der Waals surface area contributed by atoms with E-state index in [0.29, 0.717) is 11.4 Å². The first-order chi connectivity index (χ1) is 10.2. The van der Waals surface area contributed by atoms with Crippen molar-refractivity contribution in [3.05, 3.63) is 54.4 Å². The molecule has 0 aromatic heterocycles. The molecule has 0 saturated carbocycles. The Balaban J connectivity index is 1.74. The van der Waals surface area contributed by atoms with Gasteiger partial charge in [-0.15, -0.1) is 0 Å². The standard InChI is InChI=1S/C15H19N3O2S/c19-21(20,15-4-2-1-3-5-15)18-10-6-14(7-11-18)17-12-8-16-9-13-17/h1-7,10,16H,8-9,11-13H2. The van der Waals surface area contributed by atoms with Crippen molar-refractivity contribution >= 4 is 10.0 Å². The minimum absolute atomic E-state index is 0.327. The second-order valence-corrected chi connectivity index (χ2v) is 6.96. The van der Waals surface area contributed by atoms with Crippen LogP contribution in [0, 0.1) is 0 Å². The highest BCUT2D eigenvalue weighted by atomic mass is 32.2. The van der Waals surface area contributed by atoms with E-state index in [0.717, 1.165) is 31.9 Å². The molecule has 0 aliphatic carbocycles. The normalized spacial score (nSPS) is 19.5. The summed E-state index contributed by atoms with van der Waals surface area (Å²) >= 11 is 0. The van der Waals surface area contributed by atoms with E-state index in [1.54, 1.807) is 30.5 Å². The largest absolute Gasteiger partial charge is 0.369 e. The van der Waals surface area contributed by atoms with Gasteiger partial charge in [-0.25, -0.2) is 8.42 Å². The van der Waals surface area contributed by atoms with Gasteiger partial charge in [0.15, 0.2) is 0 Å². The number of nitrogens with one attached hydrogen (secondary N) is 1. The summed E-state index contributed by atoms with van der Waals surface area (Å²) < 4.78 is 26.4. The van der Waals surface area contributed by atoms with Gasteiger partial charge in [-0.05, 0) is 24.3 Å². The summed E-state index contributed by atoms with van der Waals surface area (Å²) in [6.07, 6.45) is 5.53. The van der Waals surface area contributed by atoms with Gasteiger partial charge < -0.3 is 10.2 Å². The molecule has 1 N–H and O–H groups in total. The van der Waals surface area contributed by atoms with Gasteiger partial charge in [0, 0.05) is 38.1 Å². The lowest BCUT2D eigenvalue weighted by atomic mass is 10.2. The molecule has 1 aromatic carbocycles. The van der Waals surface area contributed by atoms with Crippen LogP contribution in [0.4, 0.5) is 0 Å². The molecular weight excluding hydrogens is 286 g/mol. The summed E-state index contributed by atoms with van der Waals surface area (Å²) in [5.74, 6) is 0. The predicted molar refractivity (Wildman–Crippen MR) is 82.0 cm³/mol. The van der Waals surface area contributed by atoms with E-state index < -0.39 is 10.0 Å². The van der Waals surface area contributed by atoms with E-state index >= 15 is 0 Å². The molecule has 0 atom stereocenters. The van der Waals surface area contributed by atoms with Gasteiger partial charge in [0.05, 0.1) is 11.4 Å². The quantitative estimate of drug-likeness (QED) is 0.905. The Morgan fingerprint density at radius 2 is 1.76 bits per heavy atom. The Morgan fingerprint density at radius 3 is 2.38 bits per heavy atom. The number of nitrogens with zero attached hydrogens (tertiary/aromatic N) is 2. The van der Waals surface area contributed by atoms with Gasteiger partial charge in [-0.1, -0.05) is 18.2 Å². The molecule has 1 fully saturated rings. The number of allylic oxidation sites excluding steroid dienone is 1. The zero-order valence-electron chi connectivity index (χ0n) is 11.8. The van der Waals surface area contributed by atoms with E-state index in [2.05, 4.69) is 10.2 Å². The number of rotatable bonds is 3. The summed E-state index contributed by atoms with van der Waals surface area (Å²) in [5.41, 5.74) is 1.11. The molecule has 3 rings (SSSR count). The number of piperazine rings is 1. The second-order valence-electron chi connectivity index (χ2n) is 5.07. The van der Waals surface area contributed by atoms with Crippen LogP contribution >= 0.6 is 0 Å². The molecular formula is C15H19N3O2S.